The van der Waals surface area contributed by atoms with E-state index >= 15 is 0 Å². The van der Waals surface area contributed by atoms with Crippen molar-refractivity contribution >= 4 is 11.6 Å². The van der Waals surface area contributed by atoms with Crippen molar-refractivity contribution in [3.05, 3.63) is 35.9 Å². The van der Waals surface area contributed by atoms with Gasteiger partial charge in [0.1, 0.15) is 5.56 Å². The van der Waals surface area contributed by atoms with E-state index in [2.05, 4.69) is 24.3 Å². The van der Waals surface area contributed by atoms with Crippen LogP contribution in [0, 0.1) is 0 Å². The molecule has 0 fully saturated rings. The Morgan fingerprint density at radius 3 is 2.62 bits per heavy atom. The van der Waals surface area contributed by atoms with Crippen LogP contribution in [0.15, 0.2) is 30.3 Å². The molecule has 0 amide bonds. The van der Waals surface area contributed by atoms with E-state index in [1.54, 1.807) is 7.11 Å². The van der Waals surface area contributed by atoms with Crippen LogP contribution >= 0.6 is 11.6 Å². The lowest BCUT2D eigenvalue weighted by atomic mass is 10.1. The van der Waals surface area contributed by atoms with E-state index in [1.165, 1.54) is 5.56 Å². The molecule has 1 unspecified atom stereocenters. The maximum absolute atomic E-state index is 5.81. The molecule has 72 valence electrons. The van der Waals surface area contributed by atoms with Gasteiger partial charge in [0.25, 0.3) is 0 Å². The van der Waals surface area contributed by atoms with Gasteiger partial charge in [-0.15, -0.1) is 0 Å². The molecule has 0 aromatic heterocycles. The Hall–Kier alpha value is -0.530. The predicted octanol–water partition coefficient (Wildman–Crippen LogP) is 3.22. The molecule has 0 saturated heterocycles. The summed E-state index contributed by atoms with van der Waals surface area (Å²) in [7, 11) is 1.64. The molecule has 0 aliphatic carbocycles. The number of methoxy groups -OCH3 is 1. The molecule has 1 rings (SSSR count). The van der Waals surface area contributed by atoms with Crippen LogP contribution in [0.2, 0.25) is 0 Å². The number of alkyl halides is 1. The lowest BCUT2D eigenvalue weighted by molar-refractivity contribution is 0.158. The largest absolute Gasteiger partial charge is 0.366 e. The third-order valence-corrected chi connectivity index (χ3v) is 2.39. The van der Waals surface area contributed by atoms with E-state index in [0.717, 1.165) is 19.3 Å². The average Bonchev–Trinajstić information content (AvgIpc) is 2.19. The highest BCUT2D eigenvalue weighted by atomic mass is 35.5. The Morgan fingerprint density at radius 2 is 2.00 bits per heavy atom. The fourth-order valence-corrected chi connectivity index (χ4v) is 1.38. The summed E-state index contributed by atoms with van der Waals surface area (Å²) in [5, 5.41) is 0. The van der Waals surface area contributed by atoms with Gasteiger partial charge in [0.15, 0.2) is 0 Å². The molecule has 0 N–H and O–H groups in total. The lowest BCUT2D eigenvalue weighted by Gasteiger charge is -2.06. The van der Waals surface area contributed by atoms with E-state index in [-0.39, 0.29) is 5.56 Å². The van der Waals surface area contributed by atoms with Crippen LogP contribution in [0.4, 0.5) is 0 Å². The van der Waals surface area contributed by atoms with Gasteiger partial charge in [-0.2, -0.15) is 0 Å². The highest BCUT2D eigenvalue weighted by Crippen LogP contribution is 2.10. The summed E-state index contributed by atoms with van der Waals surface area (Å²) in [6, 6.07) is 10.4. The van der Waals surface area contributed by atoms with Crippen molar-refractivity contribution in [3.63, 3.8) is 0 Å². The third kappa shape index (κ3) is 4.30. The zero-order valence-corrected chi connectivity index (χ0v) is 8.63. The van der Waals surface area contributed by atoms with Gasteiger partial charge in [0.2, 0.25) is 0 Å². The molecular formula is C11H15ClO. The van der Waals surface area contributed by atoms with Gasteiger partial charge >= 0.3 is 0 Å². The van der Waals surface area contributed by atoms with Crippen LogP contribution in [0.25, 0.3) is 0 Å². The fourth-order valence-electron chi connectivity index (χ4n) is 1.23. The number of benzene rings is 1. The Morgan fingerprint density at radius 1 is 1.31 bits per heavy atom. The van der Waals surface area contributed by atoms with Gasteiger partial charge in [-0.1, -0.05) is 41.9 Å². The van der Waals surface area contributed by atoms with Crippen molar-refractivity contribution in [1.82, 2.24) is 0 Å². The summed E-state index contributed by atoms with van der Waals surface area (Å²) < 4.78 is 4.95. The molecule has 0 heterocycles. The lowest BCUT2D eigenvalue weighted by Crippen LogP contribution is -2.01. The maximum atomic E-state index is 5.81. The Bertz CT molecular complexity index is 223. The molecule has 2 heteroatoms. The Labute approximate surface area is 84.7 Å². The topological polar surface area (TPSA) is 9.23 Å². The molecule has 0 bridgehead atoms. The van der Waals surface area contributed by atoms with E-state index in [0.29, 0.717) is 0 Å². The minimum atomic E-state index is -0.135. The molecule has 0 spiro atoms. The second-order valence-electron chi connectivity index (χ2n) is 3.02. The molecule has 0 radical (unpaired) electrons. The molecule has 0 saturated carbocycles. The van der Waals surface area contributed by atoms with E-state index in [4.69, 9.17) is 16.3 Å². The minimum Gasteiger partial charge on any atom is -0.366 e. The van der Waals surface area contributed by atoms with Gasteiger partial charge < -0.3 is 4.74 Å². The SMILES string of the molecule is COC(Cl)CCCc1ccccc1. The van der Waals surface area contributed by atoms with Crippen LogP contribution < -0.4 is 0 Å². The van der Waals surface area contributed by atoms with Gasteiger partial charge in [0.05, 0.1) is 0 Å². The van der Waals surface area contributed by atoms with Crippen molar-refractivity contribution < 1.29 is 4.74 Å². The van der Waals surface area contributed by atoms with E-state index < -0.39 is 0 Å². The second kappa shape index (κ2) is 6.01. The van der Waals surface area contributed by atoms with Crippen molar-refractivity contribution in [3.8, 4) is 0 Å². The van der Waals surface area contributed by atoms with Crippen molar-refractivity contribution in [2.24, 2.45) is 0 Å². The first-order valence-electron chi connectivity index (χ1n) is 4.53. The summed E-state index contributed by atoms with van der Waals surface area (Å²) in [5.74, 6) is 0. The number of halogens is 1. The van der Waals surface area contributed by atoms with Crippen molar-refractivity contribution in [2.75, 3.05) is 7.11 Å². The average molecular weight is 199 g/mol. The number of ether oxygens (including phenoxy) is 1. The number of hydrogen-bond donors (Lipinski definition) is 0. The number of rotatable bonds is 5. The number of hydrogen-bond acceptors (Lipinski definition) is 1. The standard InChI is InChI=1S/C11H15ClO/c1-13-11(12)9-5-8-10-6-3-2-4-7-10/h2-4,6-7,11H,5,8-9H2,1H3. The second-order valence-corrected chi connectivity index (χ2v) is 3.51. The van der Waals surface area contributed by atoms with E-state index in [9.17, 15) is 0 Å². The monoisotopic (exact) mass is 198 g/mol. The zero-order valence-electron chi connectivity index (χ0n) is 7.87. The third-order valence-electron chi connectivity index (χ3n) is 2.00. The van der Waals surface area contributed by atoms with Crippen LogP contribution in [0.1, 0.15) is 18.4 Å². The molecule has 1 nitrogen and oxygen atoms in total. The molecule has 1 aromatic carbocycles. The van der Waals surface area contributed by atoms with Gasteiger partial charge in [-0.3, -0.25) is 0 Å². The first kappa shape index (κ1) is 10.6. The predicted molar refractivity (Wildman–Crippen MR) is 56.0 cm³/mol. The fraction of sp³-hybridized carbons (Fsp3) is 0.455. The molecule has 1 atom stereocenters. The normalized spacial score (nSPS) is 12.8. The summed E-state index contributed by atoms with van der Waals surface area (Å²) in [6.45, 7) is 0. The zero-order chi connectivity index (χ0) is 9.52. The Kier molecular flexibility index (Phi) is 4.87. The molecular weight excluding hydrogens is 184 g/mol. The minimum absolute atomic E-state index is 0.135. The van der Waals surface area contributed by atoms with Crippen molar-refractivity contribution in [2.45, 2.75) is 24.8 Å². The first-order chi connectivity index (χ1) is 6.33. The van der Waals surface area contributed by atoms with Crippen LogP contribution in [0.3, 0.4) is 0 Å². The van der Waals surface area contributed by atoms with Gasteiger partial charge in [-0.05, 0) is 24.8 Å². The highest BCUT2D eigenvalue weighted by molar-refractivity contribution is 6.19. The first-order valence-corrected chi connectivity index (χ1v) is 4.97. The summed E-state index contributed by atoms with van der Waals surface area (Å²) in [4.78, 5) is 0. The molecule has 13 heavy (non-hydrogen) atoms. The summed E-state index contributed by atoms with van der Waals surface area (Å²) in [6.07, 6.45) is 3.06. The van der Waals surface area contributed by atoms with Crippen LogP contribution in [0.5, 0.6) is 0 Å². The van der Waals surface area contributed by atoms with Gasteiger partial charge in [0, 0.05) is 7.11 Å². The van der Waals surface area contributed by atoms with Crippen LogP contribution in [-0.2, 0) is 11.2 Å². The molecule has 1 aromatic rings. The smallest absolute Gasteiger partial charge is 0.130 e. The van der Waals surface area contributed by atoms with Crippen molar-refractivity contribution in [1.29, 1.82) is 0 Å². The summed E-state index contributed by atoms with van der Waals surface area (Å²) >= 11 is 5.81. The van der Waals surface area contributed by atoms with Gasteiger partial charge in [-0.25, -0.2) is 0 Å². The maximum Gasteiger partial charge on any atom is 0.130 e. The van der Waals surface area contributed by atoms with E-state index in [1.807, 2.05) is 6.07 Å². The molecule has 0 aliphatic rings. The molecule has 0 aliphatic heterocycles. The quantitative estimate of drug-likeness (QED) is 0.661. The number of aryl methyl sites for hydroxylation is 1. The highest BCUT2D eigenvalue weighted by Gasteiger charge is 2.00. The van der Waals surface area contributed by atoms with Crippen LogP contribution in [-0.4, -0.2) is 12.7 Å². The Balaban J connectivity index is 2.20. The summed E-state index contributed by atoms with van der Waals surface area (Å²) in [5.41, 5.74) is 1.23.